The molecule has 0 spiro atoms. The lowest BCUT2D eigenvalue weighted by Gasteiger charge is -2.24. The number of hydrogen-bond donors (Lipinski definition) is 2. The van der Waals surface area contributed by atoms with Gasteiger partial charge in [0.2, 0.25) is 5.91 Å². The summed E-state index contributed by atoms with van der Waals surface area (Å²) in [6, 6.07) is 9.66. The summed E-state index contributed by atoms with van der Waals surface area (Å²) in [5, 5.41) is 5.77. The Hall–Kier alpha value is -2.89. The van der Waals surface area contributed by atoms with Crippen molar-refractivity contribution in [2.45, 2.75) is 32.9 Å². The second-order valence-electron chi connectivity index (χ2n) is 6.43. The van der Waals surface area contributed by atoms with Crippen molar-refractivity contribution in [3.05, 3.63) is 59.9 Å². The van der Waals surface area contributed by atoms with Crippen molar-refractivity contribution < 1.29 is 14.3 Å². The first kappa shape index (κ1) is 19.4. The van der Waals surface area contributed by atoms with E-state index < -0.39 is 6.04 Å². The Morgan fingerprint density at radius 1 is 0.962 bits per heavy atom. The Kier molecular flexibility index (Phi) is 6.72. The molecule has 0 saturated heterocycles. The number of ether oxygens (including phenoxy) is 1. The van der Waals surface area contributed by atoms with Crippen molar-refractivity contribution >= 4 is 11.8 Å². The van der Waals surface area contributed by atoms with E-state index in [0.29, 0.717) is 11.3 Å². The summed E-state index contributed by atoms with van der Waals surface area (Å²) in [7, 11) is 1.57. The standard InChI is InChI=1S/C20H25N3O3/c1-13(2)18(20(25)22-14(3)15-9-11-21-12-10-15)23-19(24)16-5-7-17(26-4)8-6-16/h5-14,18H,1-4H3,(H,22,25)(H,23,24). The van der Waals surface area contributed by atoms with Gasteiger partial charge in [0.15, 0.2) is 0 Å². The van der Waals surface area contributed by atoms with Gasteiger partial charge < -0.3 is 15.4 Å². The molecule has 2 amide bonds. The number of hydrogen-bond acceptors (Lipinski definition) is 4. The van der Waals surface area contributed by atoms with Gasteiger partial charge >= 0.3 is 0 Å². The molecule has 0 aliphatic heterocycles. The number of pyridine rings is 1. The van der Waals surface area contributed by atoms with E-state index in [1.165, 1.54) is 0 Å². The first-order chi connectivity index (χ1) is 12.4. The molecule has 0 saturated carbocycles. The zero-order valence-electron chi connectivity index (χ0n) is 15.5. The molecule has 2 N–H and O–H groups in total. The zero-order valence-corrected chi connectivity index (χ0v) is 15.5. The molecular weight excluding hydrogens is 330 g/mol. The maximum atomic E-state index is 12.7. The predicted octanol–water partition coefficient (Wildman–Crippen LogP) is 2.72. The van der Waals surface area contributed by atoms with Crippen LogP contribution in [-0.2, 0) is 4.79 Å². The zero-order chi connectivity index (χ0) is 19.1. The van der Waals surface area contributed by atoms with Gasteiger partial charge in [-0.2, -0.15) is 0 Å². The van der Waals surface area contributed by atoms with Gasteiger partial charge in [0, 0.05) is 18.0 Å². The number of benzene rings is 1. The van der Waals surface area contributed by atoms with E-state index in [2.05, 4.69) is 15.6 Å². The number of carbonyl (C=O) groups excluding carboxylic acids is 2. The van der Waals surface area contributed by atoms with Crippen molar-refractivity contribution in [3.8, 4) is 5.75 Å². The van der Waals surface area contributed by atoms with Crippen LogP contribution >= 0.6 is 0 Å². The molecule has 6 heteroatoms. The number of rotatable bonds is 7. The van der Waals surface area contributed by atoms with Gasteiger partial charge in [-0.25, -0.2) is 0 Å². The Bertz CT molecular complexity index is 730. The molecule has 138 valence electrons. The predicted molar refractivity (Wildman–Crippen MR) is 99.9 cm³/mol. The summed E-state index contributed by atoms with van der Waals surface area (Å²) in [5.41, 5.74) is 1.43. The molecule has 2 atom stereocenters. The second kappa shape index (κ2) is 8.99. The third-order valence-corrected chi connectivity index (χ3v) is 4.15. The molecule has 0 bridgehead atoms. The monoisotopic (exact) mass is 355 g/mol. The molecule has 2 rings (SSSR count). The van der Waals surface area contributed by atoms with E-state index in [-0.39, 0.29) is 23.8 Å². The molecule has 2 unspecified atom stereocenters. The molecule has 0 aliphatic carbocycles. The number of aromatic nitrogens is 1. The number of methoxy groups -OCH3 is 1. The van der Waals surface area contributed by atoms with Crippen molar-refractivity contribution in [1.29, 1.82) is 0 Å². The molecule has 6 nitrogen and oxygen atoms in total. The van der Waals surface area contributed by atoms with Gasteiger partial charge in [-0.15, -0.1) is 0 Å². The molecule has 0 radical (unpaired) electrons. The van der Waals surface area contributed by atoms with E-state index in [9.17, 15) is 9.59 Å². The minimum atomic E-state index is -0.631. The Morgan fingerprint density at radius 2 is 1.58 bits per heavy atom. The van der Waals surface area contributed by atoms with Gasteiger partial charge in [0.05, 0.1) is 13.2 Å². The molecule has 2 aromatic rings. The Balaban J connectivity index is 2.04. The van der Waals surface area contributed by atoms with Gasteiger partial charge in [0.25, 0.3) is 5.91 Å². The van der Waals surface area contributed by atoms with Crippen LogP contribution in [0.3, 0.4) is 0 Å². The largest absolute Gasteiger partial charge is 0.497 e. The molecule has 0 fully saturated rings. The number of nitrogens with one attached hydrogen (secondary N) is 2. The minimum absolute atomic E-state index is 0.0539. The average molecular weight is 355 g/mol. The first-order valence-electron chi connectivity index (χ1n) is 8.57. The number of carbonyl (C=O) groups is 2. The van der Waals surface area contributed by atoms with E-state index in [1.54, 1.807) is 43.8 Å². The van der Waals surface area contributed by atoms with Crippen LogP contribution in [0.4, 0.5) is 0 Å². The molecule has 26 heavy (non-hydrogen) atoms. The van der Waals surface area contributed by atoms with Crippen molar-refractivity contribution in [3.63, 3.8) is 0 Å². The van der Waals surface area contributed by atoms with Gasteiger partial charge in [-0.1, -0.05) is 13.8 Å². The van der Waals surface area contributed by atoms with Crippen LogP contribution in [0, 0.1) is 5.92 Å². The smallest absolute Gasteiger partial charge is 0.251 e. The third-order valence-electron chi connectivity index (χ3n) is 4.15. The molecule has 1 aromatic carbocycles. The SMILES string of the molecule is COc1ccc(C(=O)NC(C(=O)NC(C)c2ccncc2)C(C)C)cc1. The van der Waals surface area contributed by atoms with Crippen molar-refractivity contribution in [2.75, 3.05) is 7.11 Å². The summed E-state index contributed by atoms with van der Waals surface area (Å²) in [6.45, 7) is 5.70. The van der Waals surface area contributed by atoms with Crippen LogP contribution < -0.4 is 15.4 Å². The summed E-state index contributed by atoms with van der Waals surface area (Å²) in [6.07, 6.45) is 3.37. The van der Waals surface area contributed by atoms with Crippen LogP contribution in [-0.4, -0.2) is 29.9 Å². The lowest BCUT2D eigenvalue weighted by Crippen LogP contribution is -2.50. The highest BCUT2D eigenvalue weighted by Crippen LogP contribution is 2.14. The number of amides is 2. The molecule has 1 aromatic heterocycles. The van der Waals surface area contributed by atoms with Crippen molar-refractivity contribution in [1.82, 2.24) is 15.6 Å². The fourth-order valence-corrected chi connectivity index (χ4v) is 2.54. The highest BCUT2D eigenvalue weighted by atomic mass is 16.5. The number of nitrogens with zero attached hydrogens (tertiary/aromatic N) is 1. The van der Waals surface area contributed by atoms with E-state index in [1.807, 2.05) is 32.9 Å². The molecular formula is C20H25N3O3. The lowest BCUT2D eigenvalue weighted by atomic mass is 10.0. The quantitative estimate of drug-likeness (QED) is 0.800. The van der Waals surface area contributed by atoms with Crippen LogP contribution in [0.2, 0.25) is 0 Å². The van der Waals surface area contributed by atoms with E-state index in [0.717, 1.165) is 5.56 Å². The Morgan fingerprint density at radius 3 is 2.12 bits per heavy atom. The van der Waals surface area contributed by atoms with Gasteiger partial charge in [0.1, 0.15) is 11.8 Å². The van der Waals surface area contributed by atoms with Crippen LogP contribution in [0.25, 0.3) is 0 Å². The fraction of sp³-hybridized carbons (Fsp3) is 0.350. The maximum Gasteiger partial charge on any atom is 0.251 e. The fourth-order valence-electron chi connectivity index (χ4n) is 2.54. The molecule has 0 aliphatic rings. The minimum Gasteiger partial charge on any atom is -0.497 e. The van der Waals surface area contributed by atoms with Crippen LogP contribution in [0.15, 0.2) is 48.8 Å². The maximum absolute atomic E-state index is 12.7. The third kappa shape index (κ3) is 5.05. The molecule has 1 heterocycles. The first-order valence-corrected chi connectivity index (χ1v) is 8.57. The van der Waals surface area contributed by atoms with Gasteiger partial charge in [-0.3, -0.25) is 14.6 Å². The van der Waals surface area contributed by atoms with Gasteiger partial charge in [-0.05, 0) is 54.8 Å². The topological polar surface area (TPSA) is 80.3 Å². The van der Waals surface area contributed by atoms with Crippen molar-refractivity contribution in [2.24, 2.45) is 5.92 Å². The normalized spacial score (nSPS) is 13.0. The average Bonchev–Trinajstić information content (AvgIpc) is 2.66. The van der Waals surface area contributed by atoms with Crippen LogP contribution in [0.1, 0.15) is 42.7 Å². The van der Waals surface area contributed by atoms with E-state index in [4.69, 9.17) is 4.74 Å². The summed E-state index contributed by atoms with van der Waals surface area (Å²) >= 11 is 0. The van der Waals surface area contributed by atoms with Crippen LogP contribution in [0.5, 0.6) is 5.75 Å². The Labute approximate surface area is 154 Å². The summed E-state index contributed by atoms with van der Waals surface area (Å²) in [4.78, 5) is 29.1. The highest BCUT2D eigenvalue weighted by Gasteiger charge is 2.26. The summed E-state index contributed by atoms with van der Waals surface area (Å²) < 4.78 is 5.09. The second-order valence-corrected chi connectivity index (χ2v) is 6.43. The van der Waals surface area contributed by atoms with E-state index >= 15 is 0 Å². The summed E-state index contributed by atoms with van der Waals surface area (Å²) in [5.74, 6) is 0.108. The highest BCUT2D eigenvalue weighted by molar-refractivity contribution is 5.97. The lowest BCUT2D eigenvalue weighted by molar-refractivity contribution is -0.124.